The van der Waals surface area contributed by atoms with Gasteiger partial charge in [-0.3, -0.25) is 0 Å². The number of rotatable bonds is 4. The molecule has 0 radical (unpaired) electrons. The third-order valence-corrected chi connectivity index (χ3v) is 5.36. The van der Waals surface area contributed by atoms with Gasteiger partial charge in [0.05, 0.1) is 11.5 Å². The van der Waals surface area contributed by atoms with Crippen LogP contribution in [-0.2, 0) is 9.84 Å². The quantitative estimate of drug-likeness (QED) is 0.849. The fourth-order valence-corrected chi connectivity index (χ4v) is 4.18. The molecule has 4 nitrogen and oxygen atoms in total. The minimum atomic E-state index is -2.76. The molecule has 96 valence electrons. The van der Waals surface area contributed by atoms with Gasteiger partial charge in [-0.1, -0.05) is 0 Å². The molecule has 0 amide bonds. The lowest BCUT2D eigenvalue weighted by atomic mass is 9.83. The molecule has 1 aromatic heterocycles. The van der Waals surface area contributed by atoms with Crippen LogP contribution in [-0.4, -0.2) is 38.5 Å². The van der Waals surface area contributed by atoms with Crippen molar-refractivity contribution < 1.29 is 8.42 Å². The first-order chi connectivity index (χ1) is 8.12. The van der Waals surface area contributed by atoms with E-state index in [2.05, 4.69) is 16.4 Å². The Morgan fingerprint density at radius 1 is 1.47 bits per heavy atom. The first-order valence-electron chi connectivity index (χ1n) is 6.10. The Hall–Kier alpha value is -0.810. The zero-order valence-corrected chi connectivity index (χ0v) is 11.0. The molecule has 1 unspecified atom stereocenters. The van der Waals surface area contributed by atoms with Gasteiger partial charge in [-0.15, -0.1) is 0 Å². The zero-order valence-electron chi connectivity index (χ0n) is 10.1. The summed E-state index contributed by atoms with van der Waals surface area (Å²) in [6.07, 6.45) is 5.53. The van der Waals surface area contributed by atoms with Crippen molar-refractivity contribution >= 4 is 9.84 Å². The van der Waals surface area contributed by atoms with Crippen molar-refractivity contribution in [2.24, 2.45) is 5.92 Å². The van der Waals surface area contributed by atoms with E-state index in [1.165, 1.54) is 5.56 Å². The second-order valence-corrected chi connectivity index (χ2v) is 7.10. The standard InChI is InChI=1S/C12H20N2O2S/c1-13-9-12(11-2-5-14-8-11)10-3-6-17(15,16)7-4-10/h2,5,8,10,12-14H,3-4,6-7,9H2,1H3. The number of H-pyrrole nitrogens is 1. The maximum absolute atomic E-state index is 11.4. The fourth-order valence-electron chi connectivity index (χ4n) is 2.65. The number of aromatic amines is 1. The third-order valence-electron chi connectivity index (χ3n) is 3.64. The van der Waals surface area contributed by atoms with Crippen LogP contribution in [0, 0.1) is 5.92 Å². The normalized spacial score (nSPS) is 22.4. The van der Waals surface area contributed by atoms with Crippen molar-refractivity contribution in [3.63, 3.8) is 0 Å². The molecular formula is C12H20N2O2S. The number of nitrogens with one attached hydrogen (secondary N) is 2. The molecule has 0 saturated carbocycles. The molecular weight excluding hydrogens is 236 g/mol. The van der Waals surface area contributed by atoms with Gasteiger partial charge < -0.3 is 10.3 Å². The lowest BCUT2D eigenvalue weighted by molar-refractivity contribution is 0.376. The smallest absolute Gasteiger partial charge is 0.150 e. The highest BCUT2D eigenvalue weighted by Gasteiger charge is 2.30. The number of likely N-dealkylation sites (N-methyl/N-ethyl adjacent to an activating group) is 1. The maximum Gasteiger partial charge on any atom is 0.150 e. The molecule has 2 N–H and O–H groups in total. The molecule has 0 bridgehead atoms. The first-order valence-corrected chi connectivity index (χ1v) is 7.92. The summed E-state index contributed by atoms with van der Waals surface area (Å²) in [5.74, 6) is 1.59. The lowest BCUT2D eigenvalue weighted by Crippen LogP contribution is -2.31. The van der Waals surface area contributed by atoms with Crippen LogP contribution >= 0.6 is 0 Å². The van der Waals surface area contributed by atoms with E-state index in [1.807, 2.05) is 19.4 Å². The molecule has 1 atom stereocenters. The summed E-state index contributed by atoms with van der Waals surface area (Å²) >= 11 is 0. The predicted molar refractivity (Wildman–Crippen MR) is 68.8 cm³/mol. The molecule has 2 rings (SSSR count). The number of hydrogen-bond donors (Lipinski definition) is 2. The van der Waals surface area contributed by atoms with Gasteiger partial charge in [0.2, 0.25) is 0 Å². The van der Waals surface area contributed by atoms with Crippen LogP contribution in [0.25, 0.3) is 0 Å². The molecule has 0 aromatic carbocycles. The van der Waals surface area contributed by atoms with E-state index in [0.29, 0.717) is 23.3 Å². The van der Waals surface area contributed by atoms with Gasteiger partial charge in [0, 0.05) is 24.9 Å². The Morgan fingerprint density at radius 3 is 2.71 bits per heavy atom. The van der Waals surface area contributed by atoms with Crippen LogP contribution in [0.1, 0.15) is 24.3 Å². The van der Waals surface area contributed by atoms with Gasteiger partial charge >= 0.3 is 0 Å². The molecule has 0 spiro atoms. The monoisotopic (exact) mass is 256 g/mol. The zero-order chi connectivity index (χ0) is 12.3. The predicted octanol–water partition coefficient (Wildman–Crippen LogP) is 1.14. The highest BCUT2D eigenvalue weighted by atomic mass is 32.2. The summed E-state index contributed by atoms with van der Waals surface area (Å²) < 4.78 is 22.9. The minimum absolute atomic E-state index is 0.350. The van der Waals surface area contributed by atoms with Gasteiger partial charge in [-0.25, -0.2) is 8.42 Å². The summed E-state index contributed by atoms with van der Waals surface area (Å²) in [7, 11) is -0.817. The number of hydrogen-bond acceptors (Lipinski definition) is 3. The van der Waals surface area contributed by atoms with Gasteiger partial charge in [0.1, 0.15) is 9.84 Å². The molecule has 1 aromatic rings. The van der Waals surface area contributed by atoms with Crippen LogP contribution in [0.2, 0.25) is 0 Å². The Balaban J connectivity index is 2.08. The second-order valence-electron chi connectivity index (χ2n) is 4.80. The molecule has 5 heteroatoms. The summed E-state index contributed by atoms with van der Waals surface area (Å²) in [4.78, 5) is 3.08. The molecule has 1 aliphatic rings. The summed E-state index contributed by atoms with van der Waals surface area (Å²) in [6.45, 7) is 0.905. The fraction of sp³-hybridized carbons (Fsp3) is 0.667. The lowest BCUT2D eigenvalue weighted by Gasteiger charge is -2.29. The van der Waals surface area contributed by atoms with Crippen LogP contribution < -0.4 is 5.32 Å². The summed E-state index contributed by atoms with van der Waals surface area (Å²) in [5.41, 5.74) is 1.28. The Kier molecular flexibility index (Phi) is 3.89. The SMILES string of the molecule is CNCC(c1cc[nH]c1)C1CCS(=O)(=O)CC1. The average molecular weight is 256 g/mol. The molecule has 1 saturated heterocycles. The van der Waals surface area contributed by atoms with Gasteiger partial charge in [-0.05, 0) is 37.4 Å². The molecule has 1 aliphatic heterocycles. The first kappa shape index (κ1) is 12.6. The maximum atomic E-state index is 11.4. The Bertz CT molecular complexity index is 425. The van der Waals surface area contributed by atoms with Gasteiger partial charge in [-0.2, -0.15) is 0 Å². The van der Waals surface area contributed by atoms with E-state index in [-0.39, 0.29) is 0 Å². The van der Waals surface area contributed by atoms with Crippen LogP contribution in [0.3, 0.4) is 0 Å². The molecule has 0 aliphatic carbocycles. The van der Waals surface area contributed by atoms with Crippen LogP contribution in [0.15, 0.2) is 18.5 Å². The van der Waals surface area contributed by atoms with Crippen molar-refractivity contribution in [3.05, 3.63) is 24.0 Å². The Morgan fingerprint density at radius 2 is 2.18 bits per heavy atom. The third kappa shape index (κ3) is 3.10. The van der Waals surface area contributed by atoms with Crippen LogP contribution in [0.5, 0.6) is 0 Å². The van der Waals surface area contributed by atoms with Gasteiger partial charge in [0.15, 0.2) is 0 Å². The molecule has 17 heavy (non-hydrogen) atoms. The topological polar surface area (TPSA) is 62.0 Å². The van der Waals surface area contributed by atoms with E-state index in [9.17, 15) is 8.42 Å². The van der Waals surface area contributed by atoms with Crippen molar-refractivity contribution in [2.75, 3.05) is 25.1 Å². The van der Waals surface area contributed by atoms with Gasteiger partial charge in [0.25, 0.3) is 0 Å². The largest absolute Gasteiger partial charge is 0.367 e. The summed E-state index contributed by atoms with van der Waals surface area (Å²) in [6, 6.07) is 2.09. The number of sulfone groups is 1. The molecule has 2 heterocycles. The van der Waals surface area contributed by atoms with E-state index in [0.717, 1.165) is 19.4 Å². The molecule has 1 fully saturated rings. The number of aromatic nitrogens is 1. The van der Waals surface area contributed by atoms with Crippen molar-refractivity contribution in [3.8, 4) is 0 Å². The van der Waals surface area contributed by atoms with E-state index in [4.69, 9.17) is 0 Å². The van der Waals surface area contributed by atoms with Crippen molar-refractivity contribution in [2.45, 2.75) is 18.8 Å². The van der Waals surface area contributed by atoms with Crippen LogP contribution in [0.4, 0.5) is 0 Å². The average Bonchev–Trinajstić information content (AvgIpc) is 2.80. The van der Waals surface area contributed by atoms with E-state index in [1.54, 1.807) is 0 Å². The highest BCUT2D eigenvalue weighted by molar-refractivity contribution is 7.91. The Labute approximate surface area is 103 Å². The van der Waals surface area contributed by atoms with E-state index >= 15 is 0 Å². The van der Waals surface area contributed by atoms with Crippen molar-refractivity contribution in [1.29, 1.82) is 0 Å². The minimum Gasteiger partial charge on any atom is -0.367 e. The second kappa shape index (κ2) is 5.23. The highest BCUT2D eigenvalue weighted by Crippen LogP contribution is 2.32. The van der Waals surface area contributed by atoms with Crippen molar-refractivity contribution in [1.82, 2.24) is 10.3 Å². The van der Waals surface area contributed by atoms with E-state index < -0.39 is 9.84 Å². The summed E-state index contributed by atoms with van der Waals surface area (Å²) in [5, 5.41) is 3.21.